The van der Waals surface area contributed by atoms with Crippen LogP contribution < -0.4 is 16.4 Å². The van der Waals surface area contributed by atoms with Crippen LogP contribution in [-0.4, -0.2) is 36.0 Å². The number of pyridine rings is 2. The summed E-state index contributed by atoms with van der Waals surface area (Å²) in [7, 11) is 0. The zero-order valence-electron chi connectivity index (χ0n) is 17.2. The monoisotopic (exact) mass is 417 g/mol. The molecule has 1 amide bonds. The summed E-state index contributed by atoms with van der Waals surface area (Å²) in [4.78, 5) is 34.6. The van der Waals surface area contributed by atoms with Gasteiger partial charge in [0, 0.05) is 38.2 Å². The summed E-state index contributed by atoms with van der Waals surface area (Å²) >= 11 is 0. The molecule has 0 aliphatic heterocycles. The fourth-order valence-electron chi connectivity index (χ4n) is 3.52. The Morgan fingerprint density at radius 1 is 1.32 bits per heavy atom. The first-order valence-electron chi connectivity index (χ1n) is 9.95. The fourth-order valence-corrected chi connectivity index (χ4v) is 3.52. The predicted molar refractivity (Wildman–Crippen MR) is 117 cm³/mol. The molecule has 4 heterocycles. The van der Waals surface area contributed by atoms with Crippen LogP contribution in [0.25, 0.3) is 16.7 Å². The first-order valence-corrected chi connectivity index (χ1v) is 9.95. The highest BCUT2D eigenvalue weighted by Crippen LogP contribution is 2.12. The lowest BCUT2D eigenvalue weighted by atomic mass is 10.2. The summed E-state index contributed by atoms with van der Waals surface area (Å²) in [5.74, 6) is -0.427. The Hall–Kier alpha value is -4.01. The highest BCUT2D eigenvalue weighted by Gasteiger charge is 2.17. The van der Waals surface area contributed by atoms with Gasteiger partial charge in [-0.15, -0.1) is 6.58 Å². The van der Waals surface area contributed by atoms with Gasteiger partial charge in [-0.05, 0) is 31.0 Å². The molecule has 0 fully saturated rings. The highest BCUT2D eigenvalue weighted by molar-refractivity contribution is 5.96. The third-order valence-electron chi connectivity index (χ3n) is 5.06. The van der Waals surface area contributed by atoms with Crippen LogP contribution in [0.4, 0.5) is 0 Å². The number of nitrogens with zero attached hydrogens (tertiary/aromatic N) is 5. The summed E-state index contributed by atoms with van der Waals surface area (Å²) in [6, 6.07) is 5.13. The van der Waals surface area contributed by atoms with Crippen LogP contribution in [0.1, 0.15) is 22.3 Å². The molecule has 4 aromatic heterocycles. The molecule has 0 aliphatic carbocycles. The van der Waals surface area contributed by atoms with E-state index in [2.05, 4.69) is 21.9 Å². The van der Waals surface area contributed by atoms with Crippen molar-refractivity contribution in [3.8, 4) is 0 Å². The van der Waals surface area contributed by atoms with Crippen molar-refractivity contribution in [2.75, 3.05) is 6.54 Å². The third-order valence-corrected chi connectivity index (χ3v) is 5.06. The molecule has 0 atom stereocenters. The summed E-state index contributed by atoms with van der Waals surface area (Å²) in [6.07, 6.45) is 9.26. The van der Waals surface area contributed by atoms with Gasteiger partial charge in [0.15, 0.2) is 0 Å². The van der Waals surface area contributed by atoms with Gasteiger partial charge in [0.25, 0.3) is 11.5 Å². The van der Waals surface area contributed by atoms with Gasteiger partial charge in [-0.25, -0.2) is 9.97 Å². The number of rotatable bonds is 7. The van der Waals surface area contributed by atoms with Crippen LogP contribution in [0.3, 0.4) is 0 Å². The second-order valence-corrected chi connectivity index (χ2v) is 7.30. The van der Waals surface area contributed by atoms with E-state index in [1.54, 1.807) is 35.4 Å². The number of hydrogen-bond acceptors (Lipinski definition) is 5. The Bertz CT molecular complexity index is 1400. The van der Waals surface area contributed by atoms with Gasteiger partial charge >= 0.3 is 0 Å². The topological polar surface area (TPSA) is 110 Å². The minimum atomic E-state index is -0.427. The molecule has 0 saturated carbocycles. The van der Waals surface area contributed by atoms with Crippen LogP contribution in [0, 0.1) is 12.3 Å². The molecule has 2 N–H and O–H groups in total. The summed E-state index contributed by atoms with van der Waals surface area (Å²) in [5.41, 5.74) is 1.68. The Labute approximate surface area is 177 Å². The summed E-state index contributed by atoms with van der Waals surface area (Å²) in [5, 5.41) is 11.7. The van der Waals surface area contributed by atoms with E-state index in [0.29, 0.717) is 36.2 Å². The Morgan fingerprint density at radius 3 is 2.90 bits per heavy atom. The smallest absolute Gasteiger partial charge is 0.267 e. The second kappa shape index (κ2) is 8.39. The quantitative estimate of drug-likeness (QED) is 0.352. The molecular formula is C22H23N7O2. The number of fused-ring (bicyclic) bond motifs is 2. The molecule has 4 rings (SSSR count). The van der Waals surface area contributed by atoms with Crippen molar-refractivity contribution in [2.24, 2.45) is 0 Å². The number of amides is 1. The standard InChI is InChI=1S/C22H23N7O2/c1-3-7-25-21(30)16-12-17-20(26-18-6-5-15(2)13-29(18)22(17)31)28(19(16)23)10-4-9-27-11-8-24-14-27/h3,5-6,8,11-14,23H,1,4,7,9-10H2,2H3,(H,25,30). The van der Waals surface area contributed by atoms with Crippen molar-refractivity contribution in [3.63, 3.8) is 0 Å². The van der Waals surface area contributed by atoms with Crippen LogP contribution in [0.15, 0.2) is 60.6 Å². The van der Waals surface area contributed by atoms with Crippen molar-refractivity contribution < 1.29 is 4.79 Å². The number of hydrogen-bond donors (Lipinski definition) is 2. The molecule has 158 valence electrons. The van der Waals surface area contributed by atoms with Crippen LogP contribution in [0.2, 0.25) is 0 Å². The molecule has 0 bridgehead atoms. The molecule has 9 heteroatoms. The van der Waals surface area contributed by atoms with E-state index in [1.165, 1.54) is 10.5 Å². The van der Waals surface area contributed by atoms with Crippen LogP contribution in [-0.2, 0) is 13.1 Å². The largest absolute Gasteiger partial charge is 0.348 e. The molecule has 9 nitrogen and oxygen atoms in total. The minimum Gasteiger partial charge on any atom is -0.348 e. The number of aromatic nitrogens is 5. The SMILES string of the molecule is C=CCNC(=O)c1cc2c(=O)n3cc(C)ccc3nc2n(CCCn2ccnc2)c1=N. The lowest BCUT2D eigenvalue weighted by Gasteiger charge is -2.15. The Balaban J connectivity index is 1.89. The third kappa shape index (κ3) is 3.89. The van der Waals surface area contributed by atoms with Crippen molar-refractivity contribution in [1.29, 1.82) is 5.41 Å². The van der Waals surface area contributed by atoms with Gasteiger partial charge in [-0.1, -0.05) is 12.1 Å². The highest BCUT2D eigenvalue weighted by atomic mass is 16.1. The number of carbonyl (C=O) groups excluding carboxylic acids is 1. The first kappa shape index (κ1) is 20.3. The maximum absolute atomic E-state index is 13.2. The van der Waals surface area contributed by atoms with Crippen LogP contribution >= 0.6 is 0 Å². The van der Waals surface area contributed by atoms with Crippen molar-refractivity contribution in [3.05, 3.63) is 82.7 Å². The van der Waals surface area contributed by atoms with E-state index >= 15 is 0 Å². The zero-order chi connectivity index (χ0) is 22.0. The number of carbonyl (C=O) groups is 1. The Kier molecular flexibility index (Phi) is 5.48. The Morgan fingerprint density at radius 2 is 2.16 bits per heavy atom. The maximum atomic E-state index is 13.2. The molecule has 0 radical (unpaired) electrons. The average molecular weight is 417 g/mol. The van der Waals surface area contributed by atoms with E-state index in [-0.39, 0.29) is 23.2 Å². The normalized spacial score (nSPS) is 11.1. The molecule has 0 aromatic carbocycles. The minimum absolute atomic E-state index is 0.0167. The second-order valence-electron chi connectivity index (χ2n) is 7.30. The van der Waals surface area contributed by atoms with Crippen molar-refractivity contribution >= 4 is 22.6 Å². The summed E-state index contributed by atoms with van der Waals surface area (Å²) < 4.78 is 5.05. The van der Waals surface area contributed by atoms with Crippen LogP contribution in [0.5, 0.6) is 0 Å². The van der Waals surface area contributed by atoms with E-state index < -0.39 is 5.91 Å². The van der Waals surface area contributed by atoms with Crippen molar-refractivity contribution in [2.45, 2.75) is 26.4 Å². The molecule has 0 unspecified atom stereocenters. The van der Waals surface area contributed by atoms with Gasteiger partial charge in [-0.3, -0.25) is 19.4 Å². The van der Waals surface area contributed by atoms with E-state index in [4.69, 9.17) is 5.41 Å². The molecule has 31 heavy (non-hydrogen) atoms. The van der Waals surface area contributed by atoms with Gasteiger partial charge < -0.3 is 14.5 Å². The lowest BCUT2D eigenvalue weighted by Crippen LogP contribution is -2.35. The molecule has 0 spiro atoms. The molecule has 4 aromatic rings. The van der Waals surface area contributed by atoms with Crippen molar-refractivity contribution in [1.82, 2.24) is 28.8 Å². The van der Waals surface area contributed by atoms with Gasteiger partial charge in [0.2, 0.25) is 0 Å². The zero-order valence-corrected chi connectivity index (χ0v) is 17.2. The number of imidazole rings is 1. The first-order chi connectivity index (χ1) is 15.0. The molecule has 0 saturated heterocycles. The summed E-state index contributed by atoms with van der Waals surface area (Å²) in [6.45, 7) is 6.87. The van der Waals surface area contributed by atoms with Gasteiger partial charge in [0.1, 0.15) is 16.8 Å². The number of nitrogens with one attached hydrogen (secondary N) is 2. The van der Waals surface area contributed by atoms with E-state index in [9.17, 15) is 9.59 Å². The van der Waals surface area contributed by atoms with Gasteiger partial charge in [-0.2, -0.15) is 0 Å². The average Bonchev–Trinajstić information content (AvgIpc) is 3.28. The maximum Gasteiger partial charge on any atom is 0.267 e. The predicted octanol–water partition coefficient (Wildman–Crippen LogP) is 1.64. The fraction of sp³-hybridized carbons (Fsp3) is 0.227. The molecule has 0 aliphatic rings. The molecular weight excluding hydrogens is 394 g/mol. The number of aryl methyl sites for hydroxylation is 3. The van der Waals surface area contributed by atoms with E-state index in [1.807, 2.05) is 23.8 Å². The van der Waals surface area contributed by atoms with Gasteiger partial charge in [0.05, 0.1) is 17.3 Å². The lowest BCUT2D eigenvalue weighted by molar-refractivity contribution is 0.0955. The van der Waals surface area contributed by atoms with E-state index in [0.717, 1.165) is 5.56 Å².